The molecule has 0 aromatic rings. The van der Waals surface area contributed by atoms with Crippen LogP contribution in [-0.2, 0) is 14.3 Å². The van der Waals surface area contributed by atoms with Crippen molar-refractivity contribution in [3.63, 3.8) is 0 Å². The van der Waals surface area contributed by atoms with Gasteiger partial charge in [0.15, 0.2) is 0 Å². The van der Waals surface area contributed by atoms with Gasteiger partial charge in [0.05, 0.1) is 20.3 Å². The molecule has 0 bridgehead atoms. The Morgan fingerprint density at radius 3 is 2.27 bits per heavy atom. The SMILES string of the molecule is CCC(CC)N(CCOC)CC(=O)OC. The van der Waals surface area contributed by atoms with E-state index >= 15 is 0 Å². The van der Waals surface area contributed by atoms with Crippen LogP contribution in [0.25, 0.3) is 0 Å². The van der Waals surface area contributed by atoms with Crippen molar-refractivity contribution < 1.29 is 14.3 Å². The largest absolute Gasteiger partial charge is 0.468 e. The van der Waals surface area contributed by atoms with Crippen LogP contribution in [0.15, 0.2) is 0 Å². The van der Waals surface area contributed by atoms with Crippen molar-refractivity contribution in [3.05, 3.63) is 0 Å². The van der Waals surface area contributed by atoms with Gasteiger partial charge in [-0.05, 0) is 12.8 Å². The van der Waals surface area contributed by atoms with Crippen LogP contribution < -0.4 is 0 Å². The highest BCUT2D eigenvalue weighted by atomic mass is 16.5. The minimum absolute atomic E-state index is 0.182. The Morgan fingerprint density at radius 1 is 1.27 bits per heavy atom. The van der Waals surface area contributed by atoms with Crippen LogP contribution in [0.1, 0.15) is 26.7 Å². The van der Waals surface area contributed by atoms with Crippen LogP contribution >= 0.6 is 0 Å². The van der Waals surface area contributed by atoms with Crippen molar-refractivity contribution in [2.75, 3.05) is 33.9 Å². The summed E-state index contributed by atoms with van der Waals surface area (Å²) in [5.41, 5.74) is 0. The van der Waals surface area contributed by atoms with E-state index in [0.29, 0.717) is 19.2 Å². The third-order valence-corrected chi connectivity index (χ3v) is 2.60. The fourth-order valence-corrected chi connectivity index (χ4v) is 1.63. The van der Waals surface area contributed by atoms with Crippen molar-refractivity contribution in [2.24, 2.45) is 0 Å². The first kappa shape index (κ1) is 14.4. The van der Waals surface area contributed by atoms with Crippen molar-refractivity contribution in [3.8, 4) is 0 Å². The molecular formula is C11H23NO3. The molecule has 0 amide bonds. The van der Waals surface area contributed by atoms with Gasteiger partial charge in [0.25, 0.3) is 0 Å². The molecule has 0 aromatic carbocycles. The fraction of sp³-hybridized carbons (Fsp3) is 0.909. The van der Waals surface area contributed by atoms with Crippen molar-refractivity contribution in [1.82, 2.24) is 4.90 Å². The normalized spacial score (nSPS) is 11.1. The Bertz CT molecular complexity index is 169. The van der Waals surface area contributed by atoms with Gasteiger partial charge in [-0.15, -0.1) is 0 Å². The standard InChI is InChI=1S/C11H23NO3/c1-5-10(6-2)12(7-8-14-3)9-11(13)15-4/h10H,5-9H2,1-4H3. The Kier molecular flexibility index (Phi) is 8.33. The van der Waals surface area contributed by atoms with Gasteiger partial charge in [-0.1, -0.05) is 13.8 Å². The van der Waals surface area contributed by atoms with Crippen LogP contribution in [0, 0.1) is 0 Å². The molecule has 0 saturated heterocycles. The lowest BCUT2D eigenvalue weighted by atomic mass is 10.1. The molecular weight excluding hydrogens is 194 g/mol. The highest BCUT2D eigenvalue weighted by molar-refractivity contribution is 5.71. The third kappa shape index (κ3) is 5.74. The number of nitrogens with zero attached hydrogens (tertiary/aromatic N) is 1. The molecule has 0 saturated carbocycles. The second kappa shape index (κ2) is 8.68. The van der Waals surface area contributed by atoms with E-state index in [0.717, 1.165) is 19.4 Å². The number of methoxy groups -OCH3 is 2. The van der Waals surface area contributed by atoms with E-state index in [4.69, 9.17) is 4.74 Å². The third-order valence-electron chi connectivity index (χ3n) is 2.60. The predicted octanol–water partition coefficient (Wildman–Crippen LogP) is 1.30. The van der Waals surface area contributed by atoms with E-state index in [-0.39, 0.29) is 5.97 Å². The molecule has 15 heavy (non-hydrogen) atoms. The molecule has 0 aliphatic heterocycles. The smallest absolute Gasteiger partial charge is 0.319 e. The zero-order chi connectivity index (χ0) is 11.7. The minimum atomic E-state index is -0.182. The molecule has 0 rings (SSSR count). The summed E-state index contributed by atoms with van der Waals surface area (Å²) >= 11 is 0. The molecule has 90 valence electrons. The van der Waals surface area contributed by atoms with E-state index in [1.807, 2.05) is 0 Å². The molecule has 0 atom stereocenters. The lowest BCUT2D eigenvalue weighted by Gasteiger charge is -2.28. The summed E-state index contributed by atoms with van der Waals surface area (Å²) in [7, 11) is 3.09. The number of carbonyl (C=O) groups is 1. The lowest BCUT2D eigenvalue weighted by Crippen LogP contribution is -2.40. The monoisotopic (exact) mass is 217 g/mol. The van der Waals surface area contributed by atoms with E-state index in [9.17, 15) is 4.79 Å². The van der Waals surface area contributed by atoms with E-state index in [1.165, 1.54) is 7.11 Å². The number of ether oxygens (including phenoxy) is 2. The average molecular weight is 217 g/mol. The quantitative estimate of drug-likeness (QED) is 0.574. The maximum Gasteiger partial charge on any atom is 0.319 e. The summed E-state index contributed by atoms with van der Waals surface area (Å²) < 4.78 is 9.71. The van der Waals surface area contributed by atoms with Crippen molar-refractivity contribution in [2.45, 2.75) is 32.7 Å². The van der Waals surface area contributed by atoms with Crippen LogP contribution in [-0.4, -0.2) is 50.8 Å². The van der Waals surface area contributed by atoms with Crippen LogP contribution in [0.2, 0.25) is 0 Å². The number of carbonyl (C=O) groups excluding carboxylic acids is 1. The molecule has 0 aliphatic rings. The van der Waals surface area contributed by atoms with E-state index < -0.39 is 0 Å². The minimum Gasteiger partial charge on any atom is -0.468 e. The van der Waals surface area contributed by atoms with E-state index in [1.54, 1.807) is 7.11 Å². The van der Waals surface area contributed by atoms with Gasteiger partial charge < -0.3 is 9.47 Å². The second-order valence-corrected chi connectivity index (χ2v) is 3.51. The molecule has 4 nitrogen and oxygen atoms in total. The first-order valence-corrected chi connectivity index (χ1v) is 5.49. The molecule has 0 aliphatic carbocycles. The van der Waals surface area contributed by atoms with Gasteiger partial charge in [-0.25, -0.2) is 0 Å². The Labute approximate surface area is 92.5 Å². The molecule has 0 spiro atoms. The van der Waals surface area contributed by atoms with Gasteiger partial charge in [-0.3, -0.25) is 9.69 Å². The van der Waals surface area contributed by atoms with Crippen LogP contribution in [0.4, 0.5) is 0 Å². The van der Waals surface area contributed by atoms with Crippen LogP contribution in [0.5, 0.6) is 0 Å². The number of rotatable bonds is 8. The summed E-state index contributed by atoms with van der Waals surface area (Å²) in [5.74, 6) is -0.182. The number of hydrogen-bond donors (Lipinski definition) is 0. The summed E-state index contributed by atoms with van der Waals surface area (Å²) in [6, 6.07) is 0.430. The van der Waals surface area contributed by atoms with E-state index in [2.05, 4.69) is 23.5 Å². The summed E-state index contributed by atoms with van der Waals surface area (Å²) in [6.07, 6.45) is 2.08. The fourth-order valence-electron chi connectivity index (χ4n) is 1.63. The average Bonchev–Trinajstić information content (AvgIpc) is 2.26. The van der Waals surface area contributed by atoms with Gasteiger partial charge >= 0.3 is 5.97 Å². The van der Waals surface area contributed by atoms with Crippen LogP contribution in [0.3, 0.4) is 0 Å². The molecule has 0 aromatic heterocycles. The molecule has 0 N–H and O–H groups in total. The molecule has 0 unspecified atom stereocenters. The van der Waals surface area contributed by atoms with Gasteiger partial charge in [0.1, 0.15) is 0 Å². The molecule has 0 fully saturated rings. The highest BCUT2D eigenvalue weighted by Crippen LogP contribution is 2.08. The Hall–Kier alpha value is -0.610. The summed E-state index contributed by atoms with van der Waals surface area (Å²) in [5, 5.41) is 0. The maximum absolute atomic E-state index is 11.2. The highest BCUT2D eigenvalue weighted by Gasteiger charge is 2.17. The van der Waals surface area contributed by atoms with Gasteiger partial charge in [0, 0.05) is 19.7 Å². The van der Waals surface area contributed by atoms with Crippen molar-refractivity contribution >= 4 is 5.97 Å². The summed E-state index contributed by atoms with van der Waals surface area (Å²) in [6.45, 7) is 6.04. The second-order valence-electron chi connectivity index (χ2n) is 3.51. The zero-order valence-corrected chi connectivity index (χ0v) is 10.3. The number of hydrogen-bond acceptors (Lipinski definition) is 4. The Balaban J connectivity index is 4.20. The first-order chi connectivity index (χ1) is 7.19. The topological polar surface area (TPSA) is 38.8 Å². The lowest BCUT2D eigenvalue weighted by molar-refractivity contribution is -0.142. The van der Waals surface area contributed by atoms with Gasteiger partial charge in [0.2, 0.25) is 0 Å². The molecule has 0 heterocycles. The van der Waals surface area contributed by atoms with Gasteiger partial charge in [-0.2, -0.15) is 0 Å². The maximum atomic E-state index is 11.2. The molecule has 4 heteroatoms. The van der Waals surface area contributed by atoms with Crippen molar-refractivity contribution in [1.29, 1.82) is 0 Å². The molecule has 0 radical (unpaired) electrons. The predicted molar refractivity (Wildman–Crippen MR) is 59.8 cm³/mol. The number of esters is 1. The summed E-state index contributed by atoms with van der Waals surface area (Å²) in [4.78, 5) is 13.3. The zero-order valence-electron chi connectivity index (χ0n) is 10.3. The first-order valence-electron chi connectivity index (χ1n) is 5.49. The Morgan fingerprint density at radius 2 is 1.87 bits per heavy atom.